The molecular weight excluding hydrogens is 306 g/mol. The number of carbonyl (C=O) groups is 2. The van der Waals surface area contributed by atoms with Crippen LogP contribution in [0.25, 0.3) is 5.69 Å². The SMILES string of the molecule is O=C(NCC1(C(=O)O)CCCCC1)c1ccc(-n2cccn2)cc1. The summed E-state index contributed by atoms with van der Waals surface area (Å²) in [7, 11) is 0. The zero-order valence-corrected chi connectivity index (χ0v) is 13.4. The highest BCUT2D eigenvalue weighted by atomic mass is 16.4. The minimum Gasteiger partial charge on any atom is -0.481 e. The number of amides is 1. The molecule has 1 amide bonds. The van der Waals surface area contributed by atoms with Crippen LogP contribution in [0, 0.1) is 5.41 Å². The third kappa shape index (κ3) is 3.32. The molecule has 0 bridgehead atoms. The van der Waals surface area contributed by atoms with E-state index in [9.17, 15) is 14.7 Å². The molecule has 0 unspecified atom stereocenters. The van der Waals surface area contributed by atoms with Gasteiger partial charge in [0.2, 0.25) is 0 Å². The molecule has 2 N–H and O–H groups in total. The van der Waals surface area contributed by atoms with Gasteiger partial charge in [-0.2, -0.15) is 5.10 Å². The van der Waals surface area contributed by atoms with E-state index in [0.717, 1.165) is 24.9 Å². The maximum absolute atomic E-state index is 12.3. The molecule has 6 heteroatoms. The van der Waals surface area contributed by atoms with Crippen molar-refractivity contribution in [2.45, 2.75) is 32.1 Å². The number of aromatic nitrogens is 2. The van der Waals surface area contributed by atoms with Gasteiger partial charge in [0.1, 0.15) is 0 Å². The first kappa shape index (κ1) is 16.2. The number of carboxylic acids is 1. The Morgan fingerprint density at radius 1 is 1.17 bits per heavy atom. The van der Waals surface area contributed by atoms with E-state index in [-0.39, 0.29) is 12.5 Å². The molecule has 1 saturated carbocycles. The van der Waals surface area contributed by atoms with Crippen LogP contribution < -0.4 is 5.32 Å². The van der Waals surface area contributed by atoms with Gasteiger partial charge in [0.05, 0.1) is 11.1 Å². The third-order valence-corrected chi connectivity index (χ3v) is 4.75. The van der Waals surface area contributed by atoms with Crippen molar-refractivity contribution in [1.29, 1.82) is 0 Å². The van der Waals surface area contributed by atoms with E-state index in [2.05, 4.69) is 10.4 Å². The largest absolute Gasteiger partial charge is 0.481 e. The highest BCUT2D eigenvalue weighted by Gasteiger charge is 2.39. The van der Waals surface area contributed by atoms with Crippen LogP contribution in [0.15, 0.2) is 42.7 Å². The first-order valence-electron chi connectivity index (χ1n) is 8.22. The zero-order chi connectivity index (χ0) is 17.0. The fraction of sp³-hybridized carbons (Fsp3) is 0.389. The van der Waals surface area contributed by atoms with Crippen molar-refractivity contribution in [1.82, 2.24) is 15.1 Å². The monoisotopic (exact) mass is 327 g/mol. The predicted molar refractivity (Wildman–Crippen MR) is 89.1 cm³/mol. The standard InChI is InChI=1S/C18H21N3O3/c22-16(19-13-18(17(23)24)9-2-1-3-10-18)14-5-7-15(8-6-14)21-12-4-11-20-21/h4-8,11-12H,1-3,9-10,13H2,(H,19,22)(H,23,24). The second-order valence-corrected chi connectivity index (χ2v) is 6.33. The van der Waals surface area contributed by atoms with Crippen LogP contribution in [0.3, 0.4) is 0 Å². The highest BCUT2D eigenvalue weighted by Crippen LogP contribution is 2.36. The van der Waals surface area contributed by atoms with Gasteiger partial charge in [0, 0.05) is 24.5 Å². The number of carbonyl (C=O) groups excluding carboxylic acids is 1. The topological polar surface area (TPSA) is 84.2 Å². The lowest BCUT2D eigenvalue weighted by Crippen LogP contribution is -2.44. The van der Waals surface area contributed by atoms with Gasteiger partial charge in [-0.3, -0.25) is 9.59 Å². The molecule has 0 radical (unpaired) electrons. The molecule has 1 aromatic heterocycles. The Bertz CT molecular complexity index is 702. The highest BCUT2D eigenvalue weighted by molar-refractivity contribution is 5.94. The molecule has 3 rings (SSSR count). The molecule has 0 saturated heterocycles. The quantitative estimate of drug-likeness (QED) is 0.884. The van der Waals surface area contributed by atoms with Gasteiger partial charge in [-0.1, -0.05) is 19.3 Å². The predicted octanol–water partition coefficient (Wildman–Crippen LogP) is 2.64. The fourth-order valence-electron chi connectivity index (χ4n) is 3.23. The summed E-state index contributed by atoms with van der Waals surface area (Å²) in [5.41, 5.74) is 0.566. The Hall–Kier alpha value is -2.63. The first-order chi connectivity index (χ1) is 11.6. The Morgan fingerprint density at radius 2 is 1.88 bits per heavy atom. The summed E-state index contributed by atoms with van der Waals surface area (Å²) in [5.74, 6) is -1.05. The van der Waals surface area contributed by atoms with Crippen LogP contribution in [-0.4, -0.2) is 33.3 Å². The van der Waals surface area contributed by atoms with Crippen molar-refractivity contribution in [3.63, 3.8) is 0 Å². The van der Waals surface area contributed by atoms with Gasteiger partial charge in [0.15, 0.2) is 0 Å². The van der Waals surface area contributed by atoms with Gasteiger partial charge in [-0.05, 0) is 43.2 Å². The number of nitrogens with zero attached hydrogens (tertiary/aromatic N) is 2. The lowest BCUT2D eigenvalue weighted by Gasteiger charge is -2.33. The Morgan fingerprint density at radius 3 is 2.46 bits per heavy atom. The number of hydrogen-bond donors (Lipinski definition) is 2. The normalized spacial score (nSPS) is 16.5. The second kappa shape index (κ2) is 6.86. The van der Waals surface area contributed by atoms with E-state index in [1.165, 1.54) is 0 Å². The molecule has 126 valence electrons. The summed E-state index contributed by atoms with van der Waals surface area (Å²) < 4.78 is 1.71. The van der Waals surface area contributed by atoms with Crippen LogP contribution in [0.4, 0.5) is 0 Å². The summed E-state index contributed by atoms with van der Waals surface area (Å²) in [6.45, 7) is 0.183. The van der Waals surface area contributed by atoms with Gasteiger partial charge in [0.25, 0.3) is 5.91 Å². The molecule has 2 aromatic rings. The van der Waals surface area contributed by atoms with Gasteiger partial charge in [-0.15, -0.1) is 0 Å². The van der Waals surface area contributed by atoms with Crippen molar-refractivity contribution >= 4 is 11.9 Å². The van der Waals surface area contributed by atoms with Crippen LogP contribution >= 0.6 is 0 Å². The van der Waals surface area contributed by atoms with Crippen molar-refractivity contribution in [2.24, 2.45) is 5.41 Å². The average Bonchev–Trinajstić information content (AvgIpc) is 3.15. The van der Waals surface area contributed by atoms with Gasteiger partial charge >= 0.3 is 5.97 Å². The number of nitrogens with one attached hydrogen (secondary N) is 1. The molecular formula is C18H21N3O3. The molecule has 6 nitrogen and oxygen atoms in total. The number of benzene rings is 1. The van der Waals surface area contributed by atoms with Crippen molar-refractivity contribution in [2.75, 3.05) is 6.54 Å². The molecule has 1 aromatic carbocycles. The number of aliphatic carboxylic acids is 1. The smallest absolute Gasteiger partial charge is 0.311 e. The molecule has 0 spiro atoms. The minimum atomic E-state index is -0.817. The molecule has 1 heterocycles. The van der Waals surface area contributed by atoms with Crippen molar-refractivity contribution in [3.8, 4) is 5.69 Å². The zero-order valence-electron chi connectivity index (χ0n) is 13.4. The third-order valence-electron chi connectivity index (χ3n) is 4.75. The Balaban J connectivity index is 1.65. The molecule has 0 aliphatic heterocycles. The van der Waals surface area contributed by atoms with Crippen molar-refractivity contribution < 1.29 is 14.7 Å². The van der Waals surface area contributed by atoms with E-state index < -0.39 is 11.4 Å². The van der Waals surface area contributed by atoms with E-state index in [4.69, 9.17) is 0 Å². The van der Waals surface area contributed by atoms with Crippen LogP contribution in [-0.2, 0) is 4.79 Å². The number of carboxylic acid groups (broad SMARTS) is 1. The van der Waals surface area contributed by atoms with Crippen LogP contribution in [0.5, 0.6) is 0 Å². The summed E-state index contributed by atoms with van der Waals surface area (Å²) in [6, 6.07) is 8.91. The van der Waals surface area contributed by atoms with E-state index in [1.807, 2.05) is 24.4 Å². The molecule has 1 aliphatic carbocycles. The number of rotatable bonds is 5. The lowest BCUT2D eigenvalue weighted by atomic mass is 9.74. The maximum atomic E-state index is 12.3. The number of hydrogen-bond acceptors (Lipinski definition) is 3. The molecule has 1 aliphatic rings. The van der Waals surface area contributed by atoms with Crippen molar-refractivity contribution in [3.05, 3.63) is 48.3 Å². The maximum Gasteiger partial charge on any atom is 0.311 e. The summed E-state index contributed by atoms with van der Waals surface area (Å²) in [4.78, 5) is 24.0. The molecule has 1 fully saturated rings. The van der Waals surface area contributed by atoms with Gasteiger partial charge < -0.3 is 10.4 Å². The Kier molecular flexibility index (Phi) is 4.64. The Labute approximate surface area is 140 Å². The van der Waals surface area contributed by atoms with E-state index in [1.54, 1.807) is 23.0 Å². The minimum absolute atomic E-state index is 0.183. The van der Waals surface area contributed by atoms with E-state index >= 15 is 0 Å². The lowest BCUT2D eigenvalue weighted by molar-refractivity contribution is -0.150. The first-order valence-corrected chi connectivity index (χ1v) is 8.22. The second-order valence-electron chi connectivity index (χ2n) is 6.33. The van der Waals surface area contributed by atoms with Gasteiger partial charge in [-0.25, -0.2) is 4.68 Å². The summed E-state index contributed by atoms with van der Waals surface area (Å²) in [6.07, 6.45) is 7.64. The molecule has 0 atom stereocenters. The average molecular weight is 327 g/mol. The summed E-state index contributed by atoms with van der Waals surface area (Å²) in [5, 5.41) is 16.5. The van der Waals surface area contributed by atoms with Crippen LogP contribution in [0.1, 0.15) is 42.5 Å². The molecule has 24 heavy (non-hydrogen) atoms. The summed E-state index contributed by atoms with van der Waals surface area (Å²) >= 11 is 0. The van der Waals surface area contributed by atoms with E-state index in [0.29, 0.717) is 18.4 Å². The van der Waals surface area contributed by atoms with Crippen LogP contribution in [0.2, 0.25) is 0 Å². The fourth-order valence-corrected chi connectivity index (χ4v) is 3.23.